The molecule has 1 aromatic carbocycles. The molecule has 2 N–H and O–H groups in total. The van der Waals surface area contributed by atoms with E-state index < -0.39 is 23.6 Å². The number of carboxylic acids is 1. The first-order chi connectivity index (χ1) is 9.12. The van der Waals surface area contributed by atoms with Gasteiger partial charge in [0.25, 0.3) is 5.91 Å². The molecule has 1 rings (SSSR count). The Bertz CT molecular complexity index is 576. The van der Waals surface area contributed by atoms with E-state index in [1.54, 1.807) is 0 Å². The van der Waals surface area contributed by atoms with E-state index in [0.717, 1.165) is 18.2 Å². The highest BCUT2D eigenvalue weighted by Gasteiger charge is 2.30. The van der Waals surface area contributed by atoms with Crippen LogP contribution < -0.4 is 5.32 Å². The quantitative estimate of drug-likeness (QED) is 0.840. The molecule has 1 amide bonds. The maximum Gasteiger partial charge on any atom is 0.416 e. The van der Waals surface area contributed by atoms with Crippen LogP contribution in [-0.2, 0) is 15.8 Å². The van der Waals surface area contributed by atoms with E-state index in [4.69, 9.17) is 5.11 Å². The first kappa shape index (κ1) is 15.7. The zero-order valence-electron chi connectivity index (χ0n) is 10.7. The molecule has 0 bridgehead atoms. The van der Waals surface area contributed by atoms with Crippen LogP contribution in [0.2, 0.25) is 0 Å². The first-order valence-electron chi connectivity index (χ1n) is 5.52. The molecule has 0 aromatic heterocycles. The standard InChI is InChI=1S/C13H12F3NO3/c1-7(8(2)12(19)20)11(18)17-10-5-3-4-9(6-10)13(14,15)16/h3-6H,1-2H3,(H,17,18)(H,19,20). The van der Waals surface area contributed by atoms with Gasteiger partial charge in [-0.2, -0.15) is 13.2 Å². The Morgan fingerprint density at radius 2 is 1.75 bits per heavy atom. The minimum absolute atomic E-state index is 0.0534. The lowest BCUT2D eigenvalue weighted by Crippen LogP contribution is -2.16. The maximum absolute atomic E-state index is 12.5. The van der Waals surface area contributed by atoms with E-state index in [-0.39, 0.29) is 16.8 Å². The van der Waals surface area contributed by atoms with Crippen molar-refractivity contribution in [2.45, 2.75) is 20.0 Å². The van der Waals surface area contributed by atoms with Crippen LogP contribution in [0.25, 0.3) is 0 Å². The fourth-order valence-electron chi connectivity index (χ4n) is 1.33. The van der Waals surface area contributed by atoms with Gasteiger partial charge >= 0.3 is 12.1 Å². The Morgan fingerprint density at radius 1 is 1.15 bits per heavy atom. The zero-order valence-corrected chi connectivity index (χ0v) is 10.7. The zero-order chi connectivity index (χ0) is 15.5. The number of carbonyl (C=O) groups excluding carboxylic acids is 1. The molecular weight excluding hydrogens is 275 g/mol. The summed E-state index contributed by atoms with van der Waals surface area (Å²) >= 11 is 0. The third-order valence-corrected chi connectivity index (χ3v) is 2.67. The number of carbonyl (C=O) groups is 2. The fourth-order valence-corrected chi connectivity index (χ4v) is 1.33. The molecule has 0 saturated heterocycles. The molecule has 0 atom stereocenters. The van der Waals surface area contributed by atoms with Gasteiger partial charge in [-0.05, 0) is 32.0 Å². The number of halogens is 3. The molecule has 0 aliphatic rings. The summed E-state index contributed by atoms with van der Waals surface area (Å²) in [5, 5.41) is 11.0. The highest BCUT2D eigenvalue weighted by molar-refractivity contribution is 6.08. The number of anilines is 1. The summed E-state index contributed by atoms with van der Waals surface area (Å²) in [5.74, 6) is -2.02. The number of hydrogen-bond donors (Lipinski definition) is 2. The third-order valence-electron chi connectivity index (χ3n) is 2.67. The second kappa shape index (κ2) is 5.77. The molecule has 0 aliphatic heterocycles. The van der Waals surface area contributed by atoms with Crippen molar-refractivity contribution in [2.75, 3.05) is 5.32 Å². The molecule has 20 heavy (non-hydrogen) atoms. The average Bonchev–Trinajstić information content (AvgIpc) is 2.36. The number of benzene rings is 1. The molecule has 0 saturated carbocycles. The summed E-state index contributed by atoms with van der Waals surface area (Å²) in [7, 11) is 0. The van der Waals surface area contributed by atoms with Crippen LogP contribution in [0.1, 0.15) is 19.4 Å². The summed E-state index contributed by atoms with van der Waals surface area (Å²) in [6.07, 6.45) is -4.51. The number of nitrogens with one attached hydrogen (secondary N) is 1. The van der Waals surface area contributed by atoms with Crippen molar-refractivity contribution in [3.63, 3.8) is 0 Å². The lowest BCUT2D eigenvalue weighted by Gasteiger charge is -2.10. The van der Waals surface area contributed by atoms with Crippen LogP contribution in [0.15, 0.2) is 35.4 Å². The predicted octanol–water partition coefficient (Wildman–Crippen LogP) is 3.06. The smallest absolute Gasteiger partial charge is 0.416 e. The summed E-state index contributed by atoms with van der Waals surface area (Å²) in [6.45, 7) is 2.52. The number of carboxylic acid groups (broad SMARTS) is 1. The third kappa shape index (κ3) is 3.84. The molecule has 108 valence electrons. The van der Waals surface area contributed by atoms with Crippen molar-refractivity contribution in [1.82, 2.24) is 0 Å². The SMILES string of the molecule is CC(C(=O)O)=C(C)C(=O)Nc1cccc(C(F)(F)F)c1. The molecular formula is C13H12F3NO3. The lowest BCUT2D eigenvalue weighted by molar-refractivity contribution is -0.137. The lowest BCUT2D eigenvalue weighted by atomic mass is 10.1. The molecule has 0 fully saturated rings. The molecule has 7 heteroatoms. The largest absolute Gasteiger partial charge is 0.478 e. The van der Waals surface area contributed by atoms with Gasteiger partial charge in [0.05, 0.1) is 5.56 Å². The molecule has 0 spiro atoms. The fraction of sp³-hybridized carbons (Fsp3) is 0.231. The van der Waals surface area contributed by atoms with Crippen LogP contribution in [-0.4, -0.2) is 17.0 Å². The van der Waals surface area contributed by atoms with Gasteiger partial charge < -0.3 is 10.4 Å². The number of aliphatic carboxylic acids is 1. The van der Waals surface area contributed by atoms with E-state index in [1.165, 1.54) is 19.9 Å². The van der Waals surface area contributed by atoms with Gasteiger partial charge in [0.15, 0.2) is 0 Å². The van der Waals surface area contributed by atoms with Crippen molar-refractivity contribution in [2.24, 2.45) is 0 Å². The van der Waals surface area contributed by atoms with E-state index in [9.17, 15) is 22.8 Å². The molecule has 0 radical (unpaired) electrons. The molecule has 0 unspecified atom stereocenters. The van der Waals surface area contributed by atoms with Crippen LogP contribution in [0, 0.1) is 0 Å². The monoisotopic (exact) mass is 287 g/mol. The first-order valence-corrected chi connectivity index (χ1v) is 5.52. The van der Waals surface area contributed by atoms with Crippen molar-refractivity contribution in [1.29, 1.82) is 0 Å². The highest BCUT2D eigenvalue weighted by Crippen LogP contribution is 2.30. The minimum atomic E-state index is -4.51. The predicted molar refractivity (Wildman–Crippen MR) is 66.1 cm³/mol. The molecule has 0 aliphatic carbocycles. The Labute approximate surface area is 112 Å². The van der Waals surface area contributed by atoms with E-state index in [1.807, 2.05) is 0 Å². The van der Waals surface area contributed by atoms with Gasteiger partial charge in [-0.1, -0.05) is 6.07 Å². The van der Waals surface area contributed by atoms with Gasteiger partial charge in [-0.15, -0.1) is 0 Å². The molecule has 0 heterocycles. The van der Waals surface area contributed by atoms with Crippen molar-refractivity contribution < 1.29 is 27.9 Å². The average molecular weight is 287 g/mol. The summed E-state index contributed by atoms with van der Waals surface area (Å²) < 4.78 is 37.5. The van der Waals surface area contributed by atoms with Crippen molar-refractivity contribution in [3.05, 3.63) is 41.0 Å². The number of hydrogen-bond acceptors (Lipinski definition) is 2. The van der Waals surface area contributed by atoms with Gasteiger partial charge in [-0.25, -0.2) is 4.79 Å². The van der Waals surface area contributed by atoms with Crippen LogP contribution >= 0.6 is 0 Å². The second-order valence-corrected chi connectivity index (χ2v) is 4.09. The van der Waals surface area contributed by atoms with E-state index in [0.29, 0.717) is 0 Å². The maximum atomic E-state index is 12.5. The highest BCUT2D eigenvalue weighted by atomic mass is 19.4. The topological polar surface area (TPSA) is 66.4 Å². The normalized spacial score (nSPS) is 12.7. The second-order valence-electron chi connectivity index (χ2n) is 4.09. The summed E-state index contributed by atoms with van der Waals surface area (Å²) in [5.41, 5.74) is -1.20. The number of rotatable bonds is 3. The summed E-state index contributed by atoms with van der Waals surface area (Å²) in [6, 6.07) is 4.10. The van der Waals surface area contributed by atoms with Crippen molar-refractivity contribution in [3.8, 4) is 0 Å². The number of amides is 1. The van der Waals surface area contributed by atoms with Crippen LogP contribution in [0.4, 0.5) is 18.9 Å². The van der Waals surface area contributed by atoms with Gasteiger partial charge in [0.1, 0.15) is 0 Å². The Balaban J connectivity index is 2.98. The van der Waals surface area contributed by atoms with E-state index in [2.05, 4.69) is 5.32 Å². The Morgan fingerprint density at radius 3 is 2.25 bits per heavy atom. The minimum Gasteiger partial charge on any atom is -0.478 e. The Kier molecular flexibility index (Phi) is 4.54. The van der Waals surface area contributed by atoms with Gasteiger partial charge in [0.2, 0.25) is 0 Å². The molecule has 4 nitrogen and oxygen atoms in total. The van der Waals surface area contributed by atoms with Gasteiger partial charge in [-0.3, -0.25) is 4.79 Å². The molecule has 1 aromatic rings. The Hall–Kier alpha value is -2.31. The van der Waals surface area contributed by atoms with E-state index >= 15 is 0 Å². The van der Waals surface area contributed by atoms with Gasteiger partial charge in [0, 0.05) is 16.8 Å². The summed E-state index contributed by atoms with van der Waals surface area (Å²) in [4.78, 5) is 22.4. The van der Waals surface area contributed by atoms with Crippen LogP contribution in [0.5, 0.6) is 0 Å². The van der Waals surface area contributed by atoms with Crippen LogP contribution in [0.3, 0.4) is 0 Å². The number of alkyl halides is 3. The van der Waals surface area contributed by atoms with Crippen molar-refractivity contribution >= 4 is 17.6 Å².